The first-order valence-corrected chi connectivity index (χ1v) is 10.5. The number of aryl methyl sites for hydroxylation is 1. The molecule has 0 fully saturated rings. The van der Waals surface area contributed by atoms with Gasteiger partial charge in [0.05, 0.1) is 0 Å². The van der Waals surface area contributed by atoms with Crippen molar-refractivity contribution >= 4 is 22.5 Å². The van der Waals surface area contributed by atoms with E-state index in [0.717, 1.165) is 23.7 Å². The zero-order valence-corrected chi connectivity index (χ0v) is 18.6. The number of benzene rings is 1. The quantitative estimate of drug-likeness (QED) is 0.510. The number of pyridine rings is 1. The minimum absolute atomic E-state index is 0.101. The van der Waals surface area contributed by atoms with Crippen LogP contribution in [-0.2, 0) is 17.4 Å². The lowest BCUT2D eigenvalue weighted by atomic mass is 9.80. The molecular formula is C25H35N3. The summed E-state index contributed by atoms with van der Waals surface area (Å²) in [5.41, 5.74) is 5.05. The number of hydrogen-bond acceptors (Lipinski definition) is 2. The van der Waals surface area contributed by atoms with Gasteiger partial charge in [-0.25, -0.2) is 4.98 Å². The fourth-order valence-electron chi connectivity index (χ4n) is 3.35. The zero-order valence-electron chi connectivity index (χ0n) is 18.6. The topological polar surface area (TPSA) is 29.9 Å². The van der Waals surface area contributed by atoms with Crippen LogP contribution in [0.2, 0.25) is 0 Å². The largest absolute Gasteiger partial charge is 0.340 e. The van der Waals surface area contributed by atoms with Gasteiger partial charge in [0.1, 0.15) is 11.5 Å². The minimum atomic E-state index is 0.101. The maximum atomic E-state index is 4.92. The number of fused-ring (bicyclic) bond motifs is 1. The normalized spacial score (nSPS) is 12.5. The van der Waals surface area contributed by atoms with Crippen molar-refractivity contribution < 1.29 is 0 Å². The van der Waals surface area contributed by atoms with Gasteiger partial charge in [0.15, 0.2) is 0 Å². The summed E-state index contributed by atoms with van der Waals surface area (Å²) in [6.07, 6.45) is 4.51. The average molecular weight is 378 g/mol. The number of hydrogen-bond donors (Lipinski definition) is 1. The maximum absolute atomic E-state index is 4.92. The summed E-state index contributed by atoms with van der Waals surface area (Å²) < 4.78 is 2.26. The van der Waals surface area contributed by atoms with E-state index in [1.807, 2.05) is 0 Å². The predicted octanol–water partition coefficient (Wildman–Crippen LogP) is 7.18. The van der Waals surface area contributed by atoms with Gasteiger partial charge in [-0.3, -0.25) is 0 Å². The van der Waals surface area contributed by atoms with Crippen LogP contribution in [0.1, 0.15) is 72.4 Å². The lowest BCUT2D eigenvalue weighted by molar-refractivity contribution is 0.569. The zero-order chi connectivity index (χ0) is 20.5. The van der Waals surface area contributed by atoms with E-state index >= 15 is 0 Å². The van der Waals surface area contributed by atoms with Gasteiger partial charge in [0, 0.05) is 23.8 Å². The maximum Gasteiger partial charge on any atom is 0.142 e. The van der Waals surface area contributed by atoms with E-state index in [4.69, 9.17) is 4.98 Å². The number of rotatable bonds is 5. The number of nitrogens with one attached hydrogen (secondary N) is 1. The van der Waals surface area contributed by atoms with Crippen molar-refractivity contribution in [1.29, 1.82) is 0 Å². The molecule has 3 aromatic rings. The molecule has 3 rings (SSSR count). The van der Waals surface area contributed by atoms with E-state index in [-0.39, 0.29) is 10.8 Å². The number of unbranched alkanes of at least 4 members (excludes halogenated alkanes) is 1. The Balaban J connectivity index is 1.98. The molecule has 2 aromatic heterocycles. The Bertz CT molecular complexity index is 920. The third kappa shape index (κ3) is 4.57. The Labute approximate surface area is 170 Å². The summed E-state index contributed by atoms with van der Waals surface area (Å²) >= 11 is 0. The van der Waals surface area contributed by atoms with Crippen molar-refractivity contribution in [1.82, 2.24) is 9.55 Å². The fourth-order valence-corrected chi connectivity index (χ4v) is 3.35. The van der Waals surface area contributed by atoms with E-state index in [2.05, 4.69) is 101 Å². The molecule has 0 bridgehead atoms. The van der Waals surface area contributed by atoms with Gasteiger partial charge in [0.2, 0.25) is 0 Å². The SMILES string of the molecule is CCCCn1ccc2ccc(Nc3cc(C(C)(C)C)cc(C(C)(C)C)c3)nc21. The molecule has 0 atom stereocenters. The number of aromatic nitrogens is 2. The lowest BCUT2D eigenvalue weighted by Crippen LogP contribution is -2.16. The van der Waals surface area contributed by atoms with Gasteiger partial charge in [-0.15, -0.1) is 0 Å². The van der Waals surface area contributed by atoms with E-state index in [0.29, 0.717) is 0 Å². The minimum Gasteiger partial charge on any atom is -0.340 e. The van der Waals surface area contributed by atoms with Crippen LogP contribution >= 0.6 is 0 Å². The van der Waals surface area contributed by atoms with E-state index in [1.165, 1.54) is 29.4 Å². The molecule has 1 N–H and O–H groups in total. The van der Waals surface area contributed by atoms with Crippen molar-refractivity contribution in [2.75, 3.05) is 5.32 Å². The molecule has 2 heterocycles. The summed E-state index contributed by atoms with van der Waals surface area (Å²) in [6, 6.07) is 13.3. The molecule has 0 aliphatic heterocycles. The molecule has 3 heteroatoms. The third-order valence-corrected chi connectivity index (χ3v) is 5.30. The third-order valence-electron chi connectivity index (χ3n) is 5.30. The summed E-state index contributed by atoms with van der Waals surface area (Å²) in [7, 11) is 0. The summed E-state index contributed by atoms with van der Waals surface area (Å²) in [6.45, 7) is 16.8. The predicted molar refractivity (Wildman–Crippen MR) is 122 cm³/mol. The molecule has 0 aliphatic carbocycles. The Morgan fingerprint density at radius 2 is 1.54 bits per heavy atom. The summed E-state index contributed by atoms with van der Waals surface area (Å²) in [5, 5.41) is 4.76. The Morgan fingerprint density at radius 3 is 2.11 bits per heavy atom. The van der Waals surface area contributed by atoms with Crippen LogP contribution in [-0.4, -0.2) is 9.55 Å². The van der Waals surface area contributed by atoms with Crippen LogP contribution < -0.4 is 5.32 Å². The molecule has 28 heavy (non-hydrogen) atoms. The second-order valence-corrected chi connectivity index (χ2v) is 9.90. The Hall–Kier alpha value is -2.29. The van der Waals surface area contributed by atoms with Crippen LogP contribution in [0.3, 0.4) is 0 Å². The summed E-state index contributed by atoms with van der Waals surface area (Å²) in [4.78, 5) is 4.92. The van der Waals surface area contributed by atoms with Crippen molar-refractivity contribution in [3.63, 3.8) is 0 Å². The summed E-state index contributed by atoms with van der Waals surface area (Å²) in [5.74, 6) is 0.898. The molecule has 0 amide bonds. The highest BCUT2D eigenvalue weighted by Gasteiger charge is 2.20. The van der Waals surface area contributed by atoms with Crippen molar-refractivity contribution in [2.45, 2.75) is 78.7 Å². The standard InChI is InChI=1S/C25H35N3/c1-8-9-13-28-14-12-18-10-11-22(27-23(18)28)26-21-16-19(24(2,3)4)15-20(17-21)25(5,6)7/h10-12,14-17H,8-9,13H2,1-7H3,(H,26,27). The smallest absolute Gasteiger partial charge is 0.142 e. The molecule has 0 saturated heterocycles. The monoisotopic (exact) mass is 377 g/mol. The molecule has 0 aliphatic rings. The highest BCUT2D eigenvalue weighted by Crippen LogP contribution is 2.33. The molecule has 0 spiro atoms. The first kappa shape index (κ1) is 20.4. The Morgan fingerprint density at radius 1 is 0.893 bits per heavy atom. The second kappa shape index (κ2) is 7.62. The van der Waals surface area contributed by atoms with Crippen molar-refractivity contribution in [2.24, 2.45) is 0 Å². The van der Waals surface area contributed by atoms with Crippen molar-refractivity contribution in [3.05, 3.63) is 53.7 Å². The molecule has 150 valence electrons. The molecule has 3 nitrogen and oxygen atoms in total. The van der Waals surface area contributed by atoms with E-state index in [1.54, 1.807) is 0 Å². The highest BCUT2D eigenvalue weighted by atomic mass is 15.1. The van der Waals surface area contributed by atoms with Crippen LogP contribution in [0.4, 0.5) is 11.5 Å². The van der Waals surface area contributed by atoms with Crippen LogP contribution in [0, 0.1) is 0 Å². The second-order valence-electron chi connectivity index (χ2n) is 9.90. The number of anilines is 2. The van der Waals surface area contributed by atoms with Crippen molar-refractivity contribution in [3.8, 4) is 0 Å². The molecule has 0 unspecified atom stereocenters. The Kier molecular flexibility index (Phi) is 5.56. The van der Waals surface area contributed by atoms with E-state index < -0.39 is 0 Å². The van der Waals surface area contributed by atoms with Gasteiger partial charge >= 0.3 is 0 Å². The lowest BCUT2D eigenvalue weighted by Gasteiger charge is -2.26. The van der Waals surface area contributed by atoms with Gasteiger partial charge in [0.25, 0.3) is 0 Å². The molecule has 0 radical (unpaired) electrons. The van der Waals surface area contributed by atoms with Gasteiger partial charge in [-0.1, -0.05) is 61.0 Å². The number of nitrogens with zero attached hydrogens (tertiary/aromatic N) is 2. The highest BCUT2D eigenvalue weighted by molar-refractivity contribution is 5.79. The van der Waals surface area contributed by atoms with Gasteiger partial charge < -0.3 is 9.88 Å². The molecular weight excluding hydrogens is 342 g/mol. The van der Waals surface area contributed by atoms with Crippen LogP contribution in [0.15, 0.2) is 42.6 Å². The van der Waals surface area contributed by atoms with Crippen LogP contribution in [0.5, 0.6) is 0 Å². The first-order chi connectivity index (χ1) is 13.1. The van der Waals surface area contributed by atoms with E-state index in [9.17, 15) is 0 Å². The van der Waals surface area contributed by atoms with Gasteiger partial charge in [-0.2, -0.15) is 0 Å². The average Bonchev–Trinajstić information content (AvgIpc) is 3.00. The fraction of sp³-hybridized carbons (Fsp3) is 0.480. The molecule has 1 aromatic carbocycles. The first-order valence-electron chi connectivity index (χ1n) is 10.5. The molecule has 0 saturated carbocycles. The van der Waals surface area contributed by atoms with Crippen LogP contribution in [0.25, 0.3) is 11.0 Å². The van der Waals surface area contributed by atoms with Gasteiger partial charge in [-0.05, 0) is 58.7 Å².